The first-order valence-electron chi connectivity index (χ1n) is 5.44. The average Bonchev–Trinajstić information content (AvgIpc) is 2.44. The van der Waals surface area contributed by atoms with Crippen molar-refractivity contribution in [2.24, 2.45) is 0 Å². The Hall–Kier alpha value is -1.43. The number of benzene rings is 1. The lowest BCUT2D eigenvalue weighted by Crippen LogP contribution is -2.46. The van der Waals surface area contributed by atoms with Crippen LogP contribution in [0.3, 0.4) is 0 Å². The molecule has 0 saturated heterocycles. The molecule has 0 aliphatic heterocycles. The van der Waals surface area contributed by atoms with Crippen LogP contribution in [0.1, 0.15) is 10.4 Å². The molecular weight excluding hydrogens is 339 g/mol. The van der Waals surface area contributed by atoms with Crippen LogP contribution in [0.5, 0.6) is 0 Å². The molecule has 0 saturated carbocycles. The fraction of sp³-hybridized carbons (Fsp3) is 0.364. The highest BCUT2D eigenvalue weighted by Crippen LogP contribution is 2.42. The second kappa shape index (κ2) is 7.72. The van der Waals surface area contributed by atoms with Gasteiger partial charge in [0.1, 0.15) is 12.0 Å². The van der Waals surface area contributed by atoms with E-state index in [-0.39, 0.29) is 5.56 Å². The van der Waals surface area contributed by atoms with Crippen molar-refractivity contribution in [1.29, 1.82) is 0 Å². The summed E-state index contributed by atoms with van der Waals surface area (Å²) in [5.74, 6) is -1.56. The molecule has 22 heavy (non-hydrogen) atoms. The molecule has 0 radical (unpaired) electrons. The van der Waals surface area contributed by atoms with Gasteiger partial charge in [0.25, 0.3) is 6.10 Å². The maximum absolute atomic E-state index is 13.5. The molecule has 0 bridgehead atoms. The van der Waals surface area contributed by atoms with Crippen LogP contribution in [-0.2, 0) is 19.0 Å². The number of carbonyl (C=O) groups excluding carboxylic acids is 1. The van der Waals surface area contributed by atoms with E-state index >= 15 is 0 Å². The van der Waals surface area contributed by atoms with Crippen molar-refractivity contribution in [3.63, 3.8) is 0 Å². The van der Waals surface area contributed by atoms with E-state index < -0.39 is 35.5 Å². The number of alkyl halides is 5. The summed E-state index contributed by atoms with van der Waals surface area (Å²) in [4.78, 5) is 15.3. The highest BCUT2D eigenvalue weighted by molar-refractivity contribution is 7.95. The van der Waals surface area contributed by atoms with Crippen molar-refractivity contribution in [3.8, 4) is 0 Å². The summed E-state index contributed by atoms with van der Waals surface area (Å²) in [6.45, 7) is 0. The molecule has 0 aliphatic rings. The largest absolute Gasteiger partial charge is 0.441 e. The normalized spacial score (nSPS) is 13.7. The second-order valence-corrected chi connectivity index (χ2v) is 4.49. The van der Waals surface area contributed by atoms with Crippen LogP contribution in [-0.4, -0.2) is 30.6 Å². The van der Waals surface area contributed by atoms with Crippen LogP contribution in [0, 0.1) is 0 Å². The van der Waals surface area contributed by atoms with Crippen molar-refractivity contribution in [1.82, 2.24) is 0 Å². The Labute approximate surface area is 125 Å². The third-order valence-electron chi connectivity index (χ3n) is 2.08. The minimum Gasteiger partial charge on any atom is -0.441 e. The molecule has 0 N–H and O–H groups in total. The molecule has 5 nitrogen and oxygen atoms in total. The number of rotatable bonds is 7. The third-order valence-corrected chi connectivity index (χ3v) is 2.64. The van der Waals surface area contributed by atoms with E-state index in [0.29, 0.717) is 0 Å². The van der Waals surface area contributed by atoms with Crippen LogP contribution in [0.25, 0.3) is 0 Å². The van der Waals surface area contributed by atoms with Crippen LogP contribution in [0.15, 0.2) is 30.3 Å². The minimum atomic E-state index is -5.53. The van der Waals surface area contributed by atoms with Gasteiger partial charge in [-0.1, -0.05) is 23.2 Å². The number of esters is 1. The average molecular weight is 348 g/mol. The SMILES string of the molecule is COOOSC(F)(F)C(OC(=O)c1ccccc1)C(F)(F)F. The Bertz CT molecular complexity index is 482. The van der Waals surface area contributed by atoms with Gasteiger partial charge in [-0.05, 0) is 12.1 Å². The minimum absolute atomic E-state index is 0.313. The highest BCUT2D eigenvalue weighted by atomic mass is 32.2. The quantitative estimate of drug-likeness (QED) is 0.188. The van der Waals surface area contributed by atoms with Gasteiger partial charge >= 0.3 is 17.4 Å². The summed E-state index contributed by atoms with van der Waals surface area (Å²) in [6.07, 6.45) is -9.27. The first kappa shape index (κ1) is 18.6. The van der Waals surface area contributed by atoms with Crippen LogP contribution in [0.4, 0.5) is 22.0 Å². The second-order valence-electron chi connectivity index (χ2n) is 3.64. The van der Waals surface area contributed by atoms with Gasteiger partial charge in [-0.2, -0.15) is 22.0 Å². The molecular formula is C11H9F5O5S. The summed E-state index contributed by atoms with van der Waals surface area (Å²) in [7, 11) is 0.884. The molecule has 0 amide bonds. The Morgan fingerprint density at radius 2 is 1.73 bits per heavy atom. The van der Waals surface area contributed by atoms with Gasteiger partial charge in [0.2, 0.25) is 0 Å². The Morgan fingerprint density at radius 3 is 2.23 bits per heavy atom. The number of ether oxygens (including phenoxy) is 1. The number of halogens is 5. The van der Waals surface area contributed by atoms with Gasteiger partial charge in [0.15, 0.2) is 0 Å². The van der Waals surface area contributed by atoms with Crippen molar-refractivity contribution >= 4 is 18.0 Å². The molecule has 11 heteroatoms. The Kier molecular flexibility index (Phi) is 6.53. The van der Waals surface area contributed by atoms with Gasteiger partial charge < -0.3 is 4.74 Å². The molecule has 1 unspecified atom stereocenters. The highest BCUT2D eigenvalue weighted by Gasteiger charge is 2.60. The van der Waals surface area contributed by atoms with Gasteiger partial charge in [0.05, 0.1) is 12.7 Å². The van der Waals surface area contributed by atoms with Gasteiger partial charge in [-0.15, -0.1) is 4.33 Å². The Morgan fingerprint density at radius 1 is 1.14 bits per heavy atom. The zero-order valence-electron chi connectivity index (χ0n) is 10.8. The van der Waals surface area contributed by atoms with E-state index in [2.05, 4.69) is 19.0 Å². The van der Waals surface area contributed by atoms with Crippen molar-refractivity contribution < 1.29 is 45.7 Å². The maximum atomic E-state index is 13.5. The molecule has 0 aliphatic carbocycles. The van der Waals surface area contributed by atoms with Crippen molar-refractivity contribution in [3.05, 3.63) is 35.9 Å². The summed E-state index contributed by atoms with van der Waals surface area (Å²) in [6, 6.07) is 6.39. The first-order valence-corrected chi connectivity index (χ1v) is 6.18. The fourth-order valence-electron chi connectivity index (χ4n) is 1.21. The van der Waals surface area contributed by atoms with E-state index in [1.807, 2.05) is 0 Å². The lowest BCUT2D eigenvalue weighted by Gasteiger charge is -2.26. The Balaban J connectivity index is 2.87. The van der Waals surface area contributed by atoms with Crippen LogP contribution in [0.2, 0.25) is 0 Å². The van der Waals surface area contributed by atoms with E-state index in [0.717, 1.165) is 19.2 Å². The molecule has 1 atom stereocenters. The molecule has 0 aromatic heterocycles. The lowest BCUT2D eigenvalue weighted by atomic mass is 10.2. The van der Waals surface area contributed by atoms with Gasteiger partial charge in [-0.25, -0.2) is 9.68 Å². The first-order chi connectivity index (χ1) is 10.2. The summed E-state index contributed by atoms with van der Waals surface area (Å²) < 4.78 is 72.6. The van der Waals surface area contributed by atoms with Crippen LogP contribution >= 0.6 is 12.0 Å². The molecule has 1 rings (SSSR count). The van der Waals surface area contributed by atoms with E-state index in [1.54, 1.807) is 0 Å². The van der Waals surface area contributed by atoms with Crippen molar-refractivity contribution in [2.75, 3.05) is 7.11 Å². The topological polar surface area (TPSA) is 54.0 Å². The molecule has 0 spiro atoms. The summed E-state index contributed by atoms with van der Waals surface area (Å²) >= 11 is -1.00. The monoisotopic (exact) mass is 348 g/mol. The maximum Gasteiger partial charge on any atom is 0.432 e. The van der Waals surface area contributed by atoms with Crippen molar-refractivity contribution in [2.45, 2.75) is 17.5 Å². The van der Waals surface area contributed by atoms with E-state index in [1.165, 1.54) is 18.2 Å². The zero-order valence-corrected chi connectivity index (χ0v) is 11.6. The predicted molar refractivity (Wildman–Crippen MR) is 63.4 cm³/mol. The molecule has 0 fully saturated rings. The molecule has 124 valence electrons. The number of carbonyl (C=O) groups is 1. The molecule has 0 heterocycles. The summed E-state index contributed by atoms with van der Waals surface area (Å²) in [5.41, 5.74) is -0.313. The van der Waals surface area contributed by atoms with Gasteiger partial charge in [-0.3, -0.25) is 0 Å². The standard InChI is InChI=1S/C11H9F5O5S/c1-18-20-21-22-11(15,16)9(10(12,13)14)19-8(17)7-5-3-2-4-6-7/h2-6,9H,1H3. The van der Waals surface area contributed by atoms with Gasteiger partial charge in [0, 0.05) is 0 Å². The van der Waals surface area contributed by atoms with E-state index in [4.69, 9.17) is 0 Å². The lowest BCUT2D eigenvalue weighted by molar-refractivity contribution is -0.449. The fourth-order valence-corrected chi connectivity index (χ4v) is 1.65. The zero-order chi connectivity index (χ0) is 16.8. The van der Waals surface area contributed by atoms with Crippen LogP contribution < -0.4 is 0 Å². The molecule has 1 aromatic carbocycles. The number of hydrogen-bond donors (Lipinski definition) is 0. The third kappa shape index (κ3) is 5.40. The predicted octanol–water partition coefficient (Wildman–Crippen LogP) is 3.52. The number of hydrogen-bond acceptors (Lipinski definition) is 6. The molecule has 1 aromatic rings. The summed E-state index contributed by atoms with van der Waals surface area (Å²) in [5, 5.41) is -1.07. The smallest absolute Gasteiger partial charge is 0.432 e. The van der Waals surface area contributed by atoms with E-state index in [9.17, 15) is 26.7 Å².